The van der Waals surface area contributed by atoms with Crippen LogP contribution in [-0.4, -0.2) is 53.0 Å². The van der Waals surface area contributed by atoms with E-state index in [1.165, 1.54) is 0 Å². The van der Waals surface area contributed by atoms with Crippen molar-refractivity contribution in [1.29, 1.82) is 0 Å². The van der Waals surface area contributed by atoms with Crippen LogP contribution < -0.4 is 4.74 Å². The number of ether oxygens (including phenoxy) is 2. The number of likely N-dealkylation sites (tertiary alicyclic amines) is 1. The average molecular weight is 521 g/mol. The van der Waals surface area contributed by atoms with Crippen LogP contribution in [-0.2, 0) is 14.3 Å². The molecule has 8 nitrogen and oxygen atoms in total. The van der Waals surface area contributed by atoms with Crippen molar-refractivity contribution in [1.82, 2.24) is 10.1 Å². The minimum Gasteiger partial charge on any atom is -0.494 e. The van der Waals surface area contributed by atoms with Gasteiger partial charge in [0.25, 0.3) is 0 Å². The van der Waals surface area contributed by atoms with Gasteiger partial charge in [0.1, 0.15) is 28.6 Å². The summed E-state index contributed by atoms with van der Waals surface area (Å²) >= 11 is 0. The van der Waals surface area contributed by atoms with Crippen molar-refractivity contribution in [3.05, 3.63) is 36.0 Å². The number of Topliss-reactive ketones (excluding diaryl/α,β-unsaturated/α-hetero) is 2. The Balaban J connectivity index is 1.16. The molecule has 1 aromatic heterocycles. The van der Waals surface area contributed by atoms with Crippen LogP contribution in [0.5, 0.6) is 5.75 Å². The van der Waals surface area contributed by atoms with Crippen LogP contribution in [0.25, 0.3) is 21.7 Å². The summed E-state index contributed by atoms with van der Waals surface area (Å²) in [6, 6.07) is 9.81. The van der Waals surface area contributed by atoms with E-state index >= 15 is 0 Å². The molecule has 1 saturated heterocycles. The number of hydrogen-bond acceptors (Lipinski definition) is 7. The number of hydrogen-bond donors (Lipinski definition) is 0. The minimum absolute atomic E-state index is 0.00282. The van der Waals surface area contributed by atoms with Crippen molar-refractivity contribution in [2.45, 2.75) is 77.2 Å². The summed E-state index contributed by atoms with van der Waals surface area (Å²) in [4.78, 5) is 38.3. The van der Waals surface area contributed by atoms with Crippen molar-refractivity contribution in [3.63, 3.8) is 0 Å². The van der Waals surface area contributed by atoms with Crippen LogP contribution >= 0.6 is 0 Å². The summed E-state index contributed by atoms with van der Waals surface area (Å²) in [5.41, 5.74) is 0.812. The quantitative estimate of drug-likeness (QED) is 0.282. The van der Waals surface area contributed by atoms with Crippen molar-refractivity contribution < 1.29 is 28.4 Å². The van der Waals surface area contributed by atoms with E-state index in [1.807, 2.05) is 56.0 Å². The third-order valence-corrected chi connectivity index (χ3v) is 7.55. The Bertz CT molecular complexity index is 1350. The van der Waals surface area contributed by atoms with E-state index in [0.29, 0.717) is 36.6 Å². The van der Waals surface area contributed by atoms with E-state index in [4.69, 9.17) is 14.0 Å². The molecule has 1 amide bonds. The first-order valence-electron chi connectivity index (χ1n) is 13.6. The highest BCUT2D eigenvalue weighted by atomic mass is 16.6. The topological polar surface area (TPSA) is 98.9 Å². The summed E-state index contributed by atoms with van der Waals surface area (Å²) in [6.45, 7) is 7.79. The lowest BCUT2D eigenvalue weighted by molar-refractivity contribution is -0.130. The molecular weight excluding hydrogens is 484 g/mol. The van der Waals surface area contributed by atoms with Gasteiger partial charge in [-0.1, -0.05) is 11.2 Å². The molecule has 2 aromatic carbocycles. The van der Waals surface area contributed by atoms with Crippen molar-refractivity contribution in [2.24, 2.45) is 5.92 Å². The molecule has 0 radical (unpaired) electrons. The Labute approximate surface area is 222 Å². The van der Waals surface area contributed by atoms with Crippen molar-refractivity contribution >= 4 is 39.4 Å². The number of nitrogens with zero attached hydrogens (tertiary/aromatic N) is 2. The van der Waals surface area contributed by atoms with Gasteiger partial charge < -0.3 is 18.9 Å². The molecule has 0 bridgehead atoms. The van der Waals surface area contributed by atoms with Crippen LogP contribution in [0.3, 0.4) is 0 Å². The van der Waals surface area contributed by atoms with Gasteiger partial charge in [0.05, 0.1) is 24.3 Å². The van der Waals surface area contributed by atoms with Crippen LogP contribution in [0.4, 0.5) is 4.79 Å². The Morgan fingerprint density at radius 3 is 2.63 bits per heavy atom. The Hall–Kier alpha value is -3.42. The van der Waals surface area contributed by atoms with E-state index in [9.17, 15) is 14.4 Å². The lowest BCUT2D eigenvalue weighted by atomic mass is 9.83. The smallest absolute Gasteiger partial charge is 0.410 e. The maximum Gasteiger partial charge on any atom is 0.410 e. The third kappa shape index (κ3) is 5.84. The van der Waals surface area contributed by atoms with E-state index in [0.717, 1.165) is 60.7 Å². The lowest BCUT2D eigenvalue weighted by Crippen LogP contribution is -2.41. The number of aromatic nitrogens is 1. The predicted molar refractivity (Wildman–Crippen MR) is 143 cm³/mol. The summed E-state index contributed by atoms with van der Waals surface area (Å²) in [7, 11) is 0. The molecule has 2 fully saturated rings. The van der Waals surface area contributed by atoms with E-state index in [-0.39, 0.29) is 24.1 Å². The van der Waals surface area contributed by atoms with Gasteiger partial charge in [0, 0.05) is 19.5 Å². The molecule has 2 aliphatic rings. The first-order chi connectivity index (χ1) is 18.2. The number of rotatable bonds is 6. The summed E-state index contributed by atoms with van der Waals surface area (Å²) in [5.74, 6) is 0.910. The first kappa shape index (κ1) is 26.2. The monoisotopic (exact) mass is 520 g/mol. The lowest BCUT2D eigenvalue weighted by Gasteiger charge is -2.33. The highest BCUT2D eigenvalue weighted by Gasteiger charge is 2.32. The second kappa shape index (κ2) is 10.8. The molecule has 202 valence electrons. The third-order valence-electron chi connectivity index (χ3n) is 7.55. The minimum atomic E-state index is -0.464. The second-order valence-corrected chi connectivity index (χ2v) is 11.6. The second-order valence-electron chi connectivity index (χ2n) is 11.6. The molecular formula is C30H36N2O6. The zero-order chi connectivity index (χ0) is 26.9. The SMILES string of the molecule is CC(C)(C)OC(=O)N1CCC(CCCOc2ccc3c(ccc4onc([C@H]5CCC(=O)CC5=O)c43)c2)CC1. The number of carbonyl (C=O) groups is 3. The fourth-order valence-corrected chi connectivity index (χ4v) is 5.55. The van der Waals surface area contributed by atoms with Gasteiger partial charge >= 0.3 is 6.09 Å². The summed E-state index contributed by atoms with van der Waals surface area (Å²) in [6.07, 6.45) is 4.64. The fraction of sp³-hybridized carbons (Fsp3) is 0.533. The summed E-state index contributed by atoms with van der Waals surface area (Å²) in [5, 5.41) is 7.04. The van der Waals surface area contributed by atoms with Gasteiger partial charge in [-0.05, 0) is 93.8 Å². The molecule has 0 unspecified atom stereocenters. The number of carbonyl (C=O) groups excluding carboxylic acids is 3. The van der Waals surface area contributed by atoms with Crippen LogP contribution in [0.1, 0.15) is 77.3 Å². The number of ketones is 2. The van der Waals surface area contributed by atoms with Crippen molar-refractivity contribution in [3.8, 4) is 5.75 Å². The highest BCUT2D eigenvalue weighted by Crippen LogP contribution is 2.37. The van der Waals surface area contributed by atoms with E-state index in [1.54, 1.807) is 0 Å². The molecule has 0 N–H and O–H groups in total. The van der Waals surface area contributed by atoms with Gasteiger partial charge in [-0.25, -0.2) is 4.79 Å². The first-order valence-corrected chi connectivity index (χ1v) is 13.6. The van der Waals surface area contributed by atoms with E-state index in [2.05, 4.69) is 5.16 Å². The molecule has 1 atom stereocenters. The Morgan fingerprint density at radius 1 is 1.11 bits per heavy atom. The Kier molecular flexibility index (Phi) is 7.41. The number of benzene rings is 2. The molecule has 1 aliphatic carbocycles. The normalized spacial score (nSPS) is 19.3. The van der Waals surface area contributed by atoms with Crippen molar-refractivity contribution in [2.75, 3.05) is 19.7 Å². The van der Waals surface area contributed by atoms with Gasteiger partial charge in [0.15, 0.2) is 5.58 Å². The number of amides is 1. The van der Waals surface area contributed by atoms with Crippen LogP contribution in [0.15, 0.2) is 34.9 Å². The molecule has 0 spiro atoms. The largest absolute Gasteiger partial charge is 0.494 e. The maximum absolute atomic E-state index is 12.5. The molecule has 3 aromatic rings. The zero-order valence-electron chi connectivity index (χ0n) is 22.5. The highest BCUT2D eigenvalue weighted by molar-refractivity contribution is 6.11. The molecule has 38 heavy (non-hydrogen) atoms. The van der Waals surface area contributed by atoms with Crippen LogP contribution in [0.2, 0.25) is 0 Å². The summed E-state index contributed by atoms with van der Waals surface area (Å²) < 4.78 is 17.1. The predicted octanol–water partition coefficient (Wildman–Crippen LogP) is 6.19. The van der Waals surface area contributed by atoms with Gasteiger partial charge in [-0.3, -0.25) is 9.59 Å². The van der Waals surface area contributed by atoms with E-state index < -0.39 is 11.5 Å². The van der Waals surface area contributed by atoms with Gasteiger partial charge in [-0.2, -0.15) is 0 Å². The Morgan fingerprint density at radius 2 is 1.89 bits per heavy atom. The van der Waals surface area contributed by atoms with Crippen LogP contribution in [0, 0.1) is 5.92 Å². The standard InChI is InChI=1S/C30H36N2O6/c1-30(2,3)37-29(35)32-14-12-19(13-15-32)5-4-16-36-22-8-10-23-20(17-22)6-11-26-27(23)28(31-38-26)24-9-7-21(33)18-25(24)34/h6,8,10-11,17,19,24H,4-5,7,9,12-16,18H2,1-3H3/t24-/m0/s1. The number of piperidine rings is 1. The van der Waals surface area contributed by atoms with Gasteiger partial charge in [0.2, 0.25) is 0 Å². The fourth-order valence-electron chi connectivity index (χ4n) is 5.55. The number of fused-ring (bicyclic) bond motifs is 3. The average Bonchev–Trinajstić information content (AvgIpc) is 3.30. The van der Waals surface area contributed by atoms with Gasteiger partial charge in [-0.15, -0.1) is 0 Å². The maximum atomic E-state index is 12.5. The zero-order valence-corrected chi connectivity index (χ0v) is 22.5. The molecule has 2 heterocycles. The molecule has 5 rings (SSSR count). The molecule has 1 saturated carbocycles. The molecule has 8 heteroatoms. The molecule has 1 aliphatic heterocycles.